The van der Waals surface area contributed by atoms with Crippen LogP contribution in [0.15, 0.2) is 24.3 Å². The number of nitrogens with one attached hydrogen (secondary N) is 2. The first kappa shape index (κ1) is 25.2. The summed E-state index contributed by atoms with van der Waals surface area (Å²) in [5, 5.41) is 16.5. The van der Waals surface area contributed by atoms with Crippen LogP contribution in [0.1, 0.15) is 61.8 Å². The van der Waals surface area contributed by atoms with Gasteiger partial charge in [-0.3, -0.25) is 0 Å². The molecule has 2 aliphatic rings. The Hall–Kier alpha value is -2.85. The van der Waals surface area contributed by atoms with E-state index < -0.39 is 0 Å². The van der Waals surface area contributed by atoms with E-state index in [9.17, 15) is 0 Å². The van der Waals surface area contributed by atoms with E-state index in [2.05, 4.69) is 71.8 Å². The van der Waals surface area contributed by atoms with E-state index in [-0.39, 0.29) is 0 Å². The van der Waals surface area contributed by atoms with Crippen molar-refractivity contribution < 1.29 is 0 Å². The lowest BCUT2D eigenvalue weighted by Crippen LogP contribution is -2.41. The van der Waals surface area contributed by atoms with Crippen LogP contribution in [0.2, 0.25) is 0 Å². The molecule has 7 heteroatoms. The van der Waals surface area contributed by atoms with Gasteiger partial charge < -0.3 is 20.4 Å². The zero-order chi connectivity index (χ0) is 24.6. The van der Waals surface area contributed by atoms with Crippen molar-refractivity contribution in [1.29, 1.82) is 5.26 Å². The fourth-order valence-corrected chi connectivity index (χ4v) is 5.42. The molecule has 2 aromatic rings. The normalized spacial score (nSPS) is 19.5. The van der Waals surface area contributed by atoms with Gasteiger partial charge in [0.1, 0.15) is 5.82 Å². The summed E-state index contributed by atoms with van der Waals surface area (Å²) in [6.45, 7) is 4.74. The predicted molar refractivity (Wildman–Crippen MR) is 144 cm³/mol. The van der Waals surface area contributed by atoms with Crippen LogP contribution >= 0.6 is 0 Å². The van der Waals surface area contributed by atoms with Crippen LogP contribution in [0.4, 0.5) is 17.5 Å². The van der Waals surface area contributed by atoms with E-state index >= 15 is 0 Å². The summed E-state index contributed by atoms with van der Waals surface area (Å²) in [6, 6.07) is 11.8. The highest BCUT2D eigenvalue weighted by molar-refractivity contribution is 5.53. The number of aromatic nitrogens is 2. The van der Waals surface area contributed by atoms with Gasteiger partial charge in [-0.05, 0) is 76.0 Å². The molecule has 0 aliphatic heterocycles. The quantitative estimate of drug-likeness (QED) is 0.525. The maximum atomic E-state index is 9.07. The fraction of sp³-hybridized carbons (Fsp3) is 0.607. The molecule has 0 spiro atoms. The number of anilines is 3. The predicted octanol–water partition coefficient (Wildman–Crippen LogP) is 4.46. The van der Waals surface area contributed by atoms with Crippen LogP contribution in [0.5, 0.6) is 0 Å². The first-order chi connectivity index (χ1) is 17.0. The number of nitriles is 1. The Morgan fingerprint density at radius 3 is 2.54 bits per heavy atom. The number of aryl methyl sites for hydroxylation is 2. The van der Waals surface area contributed by atoms with Crippen molar-refractivity contribution in [2.24, 2.45) is 0 Å². The average molecular weight is 476 g/mol. The molecular formula is C28H41N7. The third kappa shape index (κ3) is 6.85. The van der Waals surface area contributed by atoms with Gasteiger partial charge in [0, 0.05) is 57.1 Å². The third-order valence-corrected chi connectivity index (χ3v) is 7.32. The summed E-state index contributed by atoms with van der Waals surface area (Å²) in [7, 11) is 4.16. The van der Waals surface area contributed by atoms with Gasteiger partial charge in [0.25, 0.3) is 0 Å². The number of rotatable bonds is 10. The number of hydrogen-bond acceptors (Lipinski definition) is 7. The molecule has 0 atom stereocenters. The van der Waals surface area contributed by atoms with E-state index in [0.29, 0.717) is 18.5 Å². The van der Waals surface area contributed by atoms with Gasteiger partial charge in [0.05, 0.1) is 18.2 Å². The van der Waals surface area contributed by atoms with Gasteiger partial charge in [-0.1, -0.05) is 12.1 Å². The second-order valence-electron chi connectivity index (χ2n) is 10.3. The Balaban J connectivity index is 1.26. The smallest absolute Gasteiger partial charge is 0.225 e. The van der Waals surface area contributed by atoms with E-state index in [0.717, 1.165) is 69.9 Å². The number of nitrogens with zero attached hydrogens (tertiary/aromatic N) is 5. The molecule has 0 radical (unpaired) electrons. The Morgan fingerprint density at radius 1 is 1.03 bits per heavy atom. The van der Waals surface area contributed by atoms with Crippen LogP contribution in [0.25, 0.3) is 0 Å². The summed E-state index contributed by atoms with van der Waals surface area (Å²) in [6.07, 6.45) is 9.75. The second kappa shape index (κ2) is 12.2. The lowest BCUT2D eigenvalue weighted by atomic mass is 9.91. The van der Waals surface area contributed by atoms with Crippen LogP contribution < -0.4 is 20.4 Å². The van der Waals surface area contributed by atoms with Crippen LogP contribution in [-0.4, -0.2) is 55.8 Å². The monoisotopic (exact) mass is 475 g/mol. The highest BCUT2D eigenvalue weighted by Crippen LogP contribution is 2.29. The molecule has 2 N–H and O–H groups in total. The average Bonchev–Trinajstić information content (AvgIpc) is 2.86. The molecule has 188 valence electrons. The van der Waals surface area contributed by atoms with Gasteiger partial charge in [-0.25, -0.2) is 4.98 Å². The molecule has 0 amide bonds. The van der Waals surface area contributed by atoms with Crippen LogP contribution in [0.3, 0.4) is 0 Å². The molecule has 35 heavy (non-hydrogen) atoms. The number of benzene rings is 1. The summed E-state index contributed by atoms with van der Waals surface area (Å²) in [4.78, 5) is 14.3. The molecule has 0 saturated heterocycles. The fourth-order valence-electron chi connectivity index (χ4n) is 5.42. The van der Waals surface area contributed by atoms with Crippen molar-refractivity contribution in [1.82, 2.24) is 15.3 Å². The SMILES string of the molecule is Cc1cccc(N(CCC#N)CCNC2CCC(Nc3nc4c(c(N(C)C)n3)CCCC4)CC2)c1. The molecular weight excluding hydrogens is 434 g/mol. The van der Waals surface area contributed by atoms with E-state index in [1.165, 1.54) is 35.3 Å². The molecule has 0 unspecified atom stereocenters. The first-order valence-corrected chi connectivity index (χ1v) is 13.3. The molecule has 1 saturated carbocycles. The minimum absolute atomic E-state index is 0.434. The van der Waals surface area contributed by atoms with Gasteiger partial charge >= 0.3 is 0 Å². The van der Waals surface area contributed by atoms with Crippen LogP contribution in [0, 0.1) is 18.3 Å². The Labute approximate surface area is 210 Å². The van der Waals surface area contributed by atoms with E-state index in [1.807, 2.05) is 0 Å². The van der Waals surface area contributed by atoms with Gasteiger partial charge in [-0.2, -0.15) is 10.2 Å². The summed E-state index contributed by atoms with van der Waals surface area (Å²) in [5.74, 6) is 1.89. The molecule has 1 aromatic carbocycles. The lowest BCUT2D eigenvalue weighted by Gasteiger charge is -2.31. The maximum absolute atomic E-state index is 9.07. The first-order valence-electron chi connectivity index (χ1n) is 13.3. The van der Waals surface area contributed by atoms with Gasteiger partial charge in [-0.15, -0.1) is 0 Å². The third-order valence-electron chi connectivity index (χ3n) is 7.32. The summed E-state index contributed by atoms with van der Waals surface area (Å²) in [5.41, 5.74) is 5.04. The minimum Gasteiger partial charge on any atom is -0.369 e. The zero-order valence-electron chi connectivity index (χ0n) is 21.7. The van der Waals surface area contributed by atoms with E-state index in [4.69, 9.17) is 15.2 Å². The Kier molecular flexibility index (Phi) is 8.81. The van der Waals surface area contributed by atoms with Crippen molar-refractivity contribution >= 4 is 17.5 Å². The minimum atomic E-state index is 0.434. The molecule has 2 aliphatic carbocycles. The topological polar surface area (TPSA) is 80.1 Å². The molecule has 1 heterocycles. The molecule has 1 fully saturated rings. The molecule has 0 bridgehead atoms. The molecule has 1 aromatic heterocycles. The Morgan fingerprint density at radius 2 is 1.80 bits per heavy atom. The Bertz CT molecular complexity index is 1000. The maximum Gasteiger partial charge on any atom is 0.225 e. The zero-order valence-corrected chi connectivity index (χ0v) is 21.7. The highest BCUT2D eigenvalue weighted by atomic mass is 15.2. The molecule has 4 rings (SSSR count). The number of hydrogen-bond donors (Lipinski definition) is 2. The van der Waals surface area contributed by atoms with Crippen molar-refractivity contribution in [3.63, 3.8) is 0 Å². The van der Waals surface area contributed by atoms with Gasteiger partial charge in [0.15, 0.2) is 0 Å². The van der Waals surface area contributed by atoms with Crippen LogP contribution in [-0.2, 0) is 12.8 Å². The molecule has 7 nitrogen and oxygen atoms in total. The second-order valence-corrected chi connectivity index (χ2v) is 10.3. The largest absolute Gasteiger partial charge is 0.369 e. The summed E-state index contributed by atoms with van der Waals surface area (Å²) >= 11 is 0. The van der Waals surface area contributed by atoms with Crippen molar-refractivity contribution in [2.45, 2.75) is 76.8 Å². The standard InChI is InChI=1S/C28H41N7/c1-21-8-6-9-24(20-21)35(18-7-16-29)19-17-30-22-12-14-23(15-13-22)31-28-32-26-11-5-4-10-25(26)27(33-28)34(2)3/h6,8-9,20,22-23,30H,4-5,7,10-15,17-19H2,1-3H3,(H,31,32,33). The van der Waals surface area contributed by atoms with Crippen molar-refractivity contribution in [3.8, 4) is 6.07 Å². The van der Waals surface area contributed by atoms with Crippen molar-refractivity contribution in [2.75, 3.05) is 48.8 Å². The lowest BCUT2D eigenvalue weighted by molar-refractivity contribution is 0.355. The van der Waals surface area contributed by atoms with E-state index in [1.54, 1.807) is 0 Å². The summed E-state index contributed by atoms with van der Waals surface area (Å²) < 4.78 is 0. The highest BCUT2D eigenvalue weighted by Gasteiger charge is 2.24. The number of fused-ring (bicyclic) bond motifs is 1. The van der Waals surface area contributed by atoms with Gasteiger partial charge in [0.2, 0.25) is 5.95 Å². The van der Waals surface area contributed by atoms with Crippen molar-refractivity contribution in [3.05, 3.63) is 41.1 Å².